The molecule has 1 aromatic carbocycles. The van der Waals surface area contributed by atoms with Gasteiger partial charge in [-0.05, 0) is 6.42 Å². The fourth-order valence-electron chi connectivity index (χ4n) is 3.67. The highest BCUT2D eigenvalue weighted by Gasteiger charge is 2.41. The molecule has 0 radical (unpaired) electrons. The number of alkyl halides is 1. The molecule has 1 aliphatic heterocycles. The van der Waals surface area contributed by atoms with Gasteiger partial charge < -0.3 is 26.0 Å². The van der Waals surface area contributed by atoms with Crippen LogP contribution in [0.1, 0.15) is 29.2 Å². The molecule has 7 nitrogen and oxygen atoms in total. The van der Waals surface area contributed by atoms with Crippen LogP contribution in [-0.2, 0) is 0 Å². The van der Waals surface area contributed by atoms with Crippen LogP contribution < -0.4 is 21.8 Å². The maximum absolute atomic E-state index is 15.0. The van der Waals surface area contributed by atoms with Crippen molar-refractivity contribution in [1.29, 1.82) is 0 Å². The van der Waals surface area contributed by atoms with Crippen LogP contribution in [0.4, 0.5) is 20.2 Å². The maximum atomic E-state index is 15.0. The van der Waals surface area contributed by atoms with Crippen LogP contribution in [0, 0.1) is 5.82 Å². The number of rotatable bonds is 3. The van der Waals surface area contributed by atoms with Gasteiger partial charge in [0.15, 0.2) is 5.82 Å². The third-order valence-electron chi connectivity index (χ3n) is 5.17. The number of benzene rings is 1. The van der Waals surface area contributed by atoms with Crippen LogP contribution in [0.2, 0.25) is 5.02 Å². The highest BCUT2D eigenvalue weighted by atomic mass is 35.5. The summed E-state index contributed by atoms with van der Waals surface area (Å²) in [5.74, 6) is -2.40. The largest absolute Gasteiger partial charge is 0.477 e. The van der Waals surface area contributed by atoms with Gasteiger partial charge in [0.2, 0.25) is 5.43 Å². The van der Waals surface area contributed by atoms with E-state index in [9.17, 15) is 19.1 Å². The first-order chi connectivity index (χ1) is 12.7. The minimum Gasteiger partial charge on any atom is -0.477 e. The molecule has 4 rings (SSSR count). The van der Waals surface area contributed by atoms with E-state index in [0.29, 0.717) is 19.5 Å². The molecule has 2 aromatic rings. The van der Waals surface area contributed by atoms with Crippen molar-refractivity contribution >= 4 is 39.8 Å². The van der Waals surface area contributed by atoms with Crippen molar-refractivity contribution in [3.63, 3.8) is 0 Å². The number of aromatic nitrogens is 1. The predicted octanol–water partition coefficient (Wildman–Crippen LogP) is 1.89. The van der Waals surface area contributed by atoms with E-state index < -0.39 is 40.7 Å². The monoisotopic (exact) mass is 398 g/mol. The van der Waals surface area contributed by atoms with E-state index >= 15 is 4.39 Å². The Morgan fingerprint density at radius 3 is 2.59 bits per heavy atom. The number of nitrogens with two attached hydrogens (primary N) is 2. The topological polar surface area (TPSA) is 115 Å². The van der Waals surface area contributed by atoms with Gasteiger partial charge in [0.05, 0.1) is 33.3 Å². The molecule has 27 heavy (non-hydrogen) atoms. The van der Waals surface area contributed by atoms with Gasteiger partial charge in [-0.1, -0.05) is 11.6 Å². The van der Waals surface area contributed by atoms with Gasteiger partial charge in [-0.2, -0.15) is 0 Å². The first-order valence-corrected chi connectivity index (χ1v) is 8.83. The number of hydrogen-bond acceptors (Lipinski definition) is 5. The molecule has 1 aromatic heterocycles. The average molecular weight is 399 g/mol. The number of aromatic carboxylic acids is 1. The van der Waals surface area contributed by atoms with Crippen molar-refractivity contribution in [3.8, 4) is 0 Å². The molecule has 1 aliphatic carbocycles. The molecule has 5 N–H and O–H groups in total. The van der Waals surface area contributed by atoms with E-state index in [1.807, 2.05) is 0 Å². The van der Waals surface area contributed by atoms with Gasteiger partial charge in [-0.25, -0.2) is 13.6 Å². The summed E-state index contributed by atoms with van der Waals surface area (Å²) in [6.45, 7) is 0.809. The van der Waals surface area contributed by atoms with E-state index in [1.54, 1.807) is 4.90 Å². The highest BCUT2D eigenvalue weighted by molar-refractivity contribution is 6.38. The van der Waals surface area contributed by atoms with E-state index in [1.165, 1.54) is 4.57 Å². The first kappa shape index (κ1) is 18.0. The normalized spacial score (nSPS) is 24.6. The summed E-state index contributed by atoms with van der Waals surface area (Å²) in [4.78, 5) is 25.7. The Labute approximate surface area is 157 Å². The van der Waals surface area contributed by atoms with Crippen LogP contribution in [0.5, 0.6) is 0 Å². The van der Waals surface area contributed by atoms with E-state index in [0.717, 1.165) is 6.20 Å². The van der Waals surface area contributed by atoms with Crippen molar-refractivity contribution in [1.82, 2.24) is 4.57 Å². The van der Waals surface area contributed by atoms with Crippen LogP contribution in [0.25, 0.3) is 10.9 Å². The Morgan fingerprint density at radius 1 is 1.41 bits per heavy atom. The number of hydrogen-bond donors (Lipinski definition) is 3. The lowest BCUT2D eigenvalue weighted by Crippen LogP contribution is -2.28. The molecule has 2 aliphatic rings. The van der Waals surface area contributed by atoms with Gasteiger partial charge in [-0.15, -0.1) is 0 Å². The zero-order valence-corrected chi connectivity index (χ0v) is 14.8. The van der Waals surface area contributed by atoms with Crippen LogP contribution in [0.3, 0.4) is 0 Å². The van der Waals surface area contributed by atoms with Gasteiger partial charge in [0.1, 0.15) is 11.7 Å². The maximum Gasteiger partial charge on any atom is 0.341 e. The number of carboxylic acids is 1. The molecule has 1 saturated heterocycles. The summed E-state index contributed by atoms with van der Waals surface area (Å²) in [6.07, 6.45) is 0.630. The minimum absolute atomic E-state index is 0.00176. The number of nitrogens with zero attached hydrogens (tertiary/aromatic N) is 2. The standard InChI is InChI=1S/C17H17ClF2N4O3/c18-11-14-10(13(22)12(20)15(11)23-2-1-6(21)4-23)16(25)7(17(26)27)5-24(14)9-3-8(9)19/h5-6,8-9H,1-4,21-22H2,(H,26,27). The summed E-state index contributed by atoms with van der Waals surface area (Å²) >= 11 is 6.47. The van der Waals surface area contributed by atoms with Gasteiger partial charge in [0, 0.05) is 31.7 Å². The van der Waals surface area contributed by atoms with E-state index in [2.05, 4.69) is 0 Å². The lowest BCUT2D eigenvalue weighted by Gasteiger charge is -2.24. The molecule has 10 heteroatoms. The minimum atomic E-state index is -1.50. The number of fused-ring (bicyclic) bond motifs is 1. The zero-order chi connectivity index (χ0) is 19.6. The second-order valence-corrected chi connectivity index (χ2v) is 7.39. The van der Waals surface area contributed by atoms with Crippen molar-refractivity contribution in [2.75, 3.05) is 23.7 Å². The quantitative estimate of drug-likeness (QED) is 0.680. The number of carbonyl (C=O) groups is 1. The lowest BCUT2D eigenvalue weighted by atomic mass is 10.1. The third-order valence-corrected chi connectivity index (χ3v) is 5.53. The summed E-state index contributed by atoms with van der Waals surface area (Å²) in [5, 5.41) is 8.86. The second kappa shape index (κ2) is 6.07. The van der Waals surface area contributed by atoms with E-state index in [-0.39, 0.29) is 34.1 Å². The summed E-state index contributed by atoms with van der Waals surface area (Å²) in [7, 11) is 0. The molecule has 3 atom stereocenters. The Hall–Kier alpha value is -2.39. The fraction of sp³-hybridized carbons (Fsp3) is 0.412. The summed E-state index contributed by atoms with van der Waals surface area (Å²) in [6, 6.07) is -0.838. The van der Waals surface area contributed by atoms with E-state index in [4.69, 9.17) is 23.1 Å². The molecule has 3 unspecified atom stereocenters. The molecule has 0 spiro atoms. The smallest absolute Gasteiger partial charge is 0.341 e. The Balaban J connectivity index is 2.09. The molecule has 144 valence electrons. The van der Waals surface area contributed by atoms with Crippen molar-refractivity contribution < 1.29 is 18.7 Å². The fourth-order valence-corrected chi connectivity index (χ4v) is 4.07. The van der Waals surface area contributed by atoms with Gasteiger partial charge >= 0.3 is 5.97 Å². The van der Waals surface area contributed by atoms with Crippen molar-refractivity contribution in [2.45, 2.75) is 31.1 Å². The number of nitrogen functional groups attached to an aromatic ring is 1. The summed E-state index contributed by atoms with van der Waals surface area (Å²) < 4.78 is 30.1. The Bertz CT molecular complexity index is 1040. The van der Waals surface area contributed by atoms with Gasteiger partial charge in [0.25, 0.3) is 0 Å². The molecular formula is C17H17ClF2N4O3. The molecular weight excluding hydrogens is 382 g/mol. The number of halogens is 3. The second-order valence-electron chi connectivity index (χ2n) is 7.01. The number of pyridine rings is 1. The molecule has 2 fully saturated rings. The summed E-state index contributed by atoms with van der Waals surface area (Å²) in [5.41, 5.74) is 9.77. The van der Waals surface area contributed by atoms with Gasteiger partial charge in [-0.3, -0.25) is 4.79 Å². The third kappa shape index (κ3) is 2.64. The van der Waals surface area contributed by atoms with Crippen LogP contribution in [0.15, 0.2) is 11.0 Å². The molecule has 0 bridgehead atoms. The highest BCUT2D eigenvalue weighted by Crippen LogP contribution is 2.46. The van der Waals surface area contributed by atoms with Crippen LogP contribution >= 0.6 is 11.6 Å². The zero-order valence-electron chi connectivity index (χ0n) is 14.1. The average Bonchev–Trinajstić information content (AvgIpc) is 3.17. The Morgan fingerprint density at radius 2 is 2.07 bits per heavy atom. The number of carboxylic acid groups (broad SMARTS) is 1. The first-order valence-electron chi connectivity index (χ1n) is 8.45. The molecule has 2 heterocycles. The lowest BCUT2D eigenvalue weighted by molar-refractivity contribution is 0.0694. The molecule has 0 amide bonds. The van der Waals surface area contributed by atoms with Crippen molar-refractivity contribution in [3.05, 3.63) is 32.8 Å². The predicted molar refractivity (Wildman–Crippen MR) is 97.9 cm³/mol. The SMILES string of the molecule is Nc1c(F)c(N2CCC(N)C2)c(Cl)c2c1c(=O)c(C(=O)O)cn2C1CC1F. The van der Waals surface area contributed by atoms with Crippen molar-refractivity contribution in [2.24, 2.45) is 5.73 Å². The number of anilines is 2. The molecule has 1 saturated carbocycles. The van der Waals surface area contributed by atoms with Crippen LogP contribution in [-0.4, -0.2) is 40.9 Å². The Kier molecular flexibility index (Phi) is 4.04.